The summed E-state index contributed by atoms with van der Waals surface area (Å²) in [7, 11) is 3.90. The number of hydrogen-bond acceptors (Lipinski definition) is 1. The molecule has 0 amide bonds. The lowest BCUT2D eigenvalue weighted by Gasteiger charge is -2.13. The molecule has 0 fully saturated rings. The lowest BCUT2D eigenvalue weighted by Crippen LogP contribution is -2.20. The highest BCUT2D eigenvalue weighted by Gasteiger charge is 2.02. The predicted octanol–water partition coefficient (Wildman–Crippen LogP) is 2.69. The van der Waals surface area contributed by atoms with Crippen molar-refractivity contribution in [3.63, 3.8) is 0 Å². The summed E-state index contributed by atoms with van der Waals surface area (Å²) < 4.78 is 1.06. The Morgan fingerprint density at radius 2 is 2.08 bits per heavy atom. The van der Waals surface area contributed by atoms with Gasteiger partial charge in [-0.2, -0.15) is 0 Å². The summed E-state index contributed by atoms with van der Waals surface area (Å²) in [6.45, 7) is 0. The first kappa shape index (κ1) is 9.68. The molecule has 0 N–H and O–H groups in total. The van der Waals surface area contributed by atoms with Crippen LogP contribution in [0.2, 0.25) is 0 Å². The van der Waals surface area contributed by atoms with Crippen molar-refractivity contribution in [2.75, 3.05) is 14.1 Å². The van der Waals surface area contributed by atoms with Crippen LogP contribution in [0.4, 0.5) is 0 Å². The van der Waals surface area contributed by atoms with Crippen LogP contribution in [0, 0.1) is 0 Å². The molecule has 1 aromatic rings. The van der Waals surface area contributed by atoms with E-state index in [-0.39, 0.29) is 0 Å². The topological polar surface area (TPSA) is 3.24 Å². The zero-order chi connectivity index (χ0) is 9.14. The molecule has 3 heteroatoms. The maximum atomic E-state index is 5.21. The van der Waals surface area contributed by atoms with Crippen LogP contribution >= 0.6 is 28.1 Å². The second-order valence-corrected chi connectivity index (χ2v) is 4.01. The fourth-order valence-electron chi connectivity index (χ4n) is 0.880. The Bertz CT molecular complexity index is 296. The van der Waals surface area contributed by atoms with Gasteiger partial charge in [-0.05, 0) is 12.1 Å². The molecule has 0 aromatic heterocycles. The number of benzene rings is 1. The van der Waals surface area contributed by atoms with Crippen molar-refractivity contribution in [2.45, 2.75) is 0 Å². The summed E-state index contributed by atoms with van der Waals surface area (Å²) in [4.78, 5) is 2.79. The van der Waals surface area contributed by atoms with E-state index in [2.05, 4.69) is 15.9 Å². The molecule has 12 heavy (non-hydrogen) atoms. The fraction of sp³-hybridized carbons (Fsp3) is 0.222. The molecule has 0 aliphatic heterocycles. The number of nitrogens with zero attached hydrogens (tertiary/aromatic N) is 1. The molecule has 64 valence electrons. The van der Waals surface area contributed by atoms with Gasteiger partial charge in [0.25, 0.3) is 0 Å². The molecule has 0 unspecified atom stereocenters. The van der Waals surface area contributed by atoms with Crippen LogP contribution in [0.1, 0.15) is 5.56 Å². The lowest BCUT2D eigenvalue weighted by atomic mass is 10.2. The minimum absolute atomic E-state index is 0.858. The first-order chi connectivity index (χ1) is 5.61. The zero-order valence-electron chi connectivity index (χ0n) is 7.04. The third kappa shape index (κ3) is 2.29. The van der Waals surface area contributed by atoms with E-state index in [1.54, 1.807) is 0 Å². The fourth-order valence-corrected chi connectivity index (χ4v) is 1.41. The second-order valence-electron chi connectivity index (χ2n) is 2.71. The monoisotopic (exact) mass is 243 g/mol. The predicted molar refractivity (Wildman–Crippen MR) is 59.5 cm³/mol. The number of thiocarbonyl (C=S) groups is 1. The Hall–Kier alpha value is -0.410. The summed E-state index contributed by atoms with van der Waals surface area (Å²) in [5.41, 5.74) is 1.07. The third-order valence-electron chi connectivity index (χ3n) is 1.48. The van der Waals surface area contributed by atoms with Crippen LogP contribution in [0.3, 0.4) is 0 Å². The van der Waals surface area contributed by atoms with Gasteiger partial charge in [0.1, 0.15) is 4.99 Å². The van der Waals surface area contributed by atoms with Crippen LogP contribution < -0.4 is 0 Å². The first-order valence-electron chi connectivity index (χ1n) is 3.58. The molecule has 0 aliphatic rings. The van der Waals surface area contributed by atoms with Crippen LogP contribution in [0.15, 0.2) is 28.7 Å². The standard InChI is InChI=1S/C9H10BrNS/c1-11(2)9(12)7-4-3-5-8(10)6-7/h3-6H,1-2H3. The van der Waals surface area contributed by atoms with Crippen molar-refractivity contribution in [3.8, 4) is 0 Å². The summed E-state index contributed by atoms with van der Waals surface area (Å²) in [5.74, 6) is 0. The van der Waals surface area contributed by atoms with Crippen LogP contribution in [0.5, 0.6) is 0 Å². The smallest absolute Gasteiger partial charge is 0.108 e. The molecule has 1 rings (SSSR count). The Morgan fingerprint density at radius 3 is 2.58 bits per heavy atom. The Balaban J connectivity index is 2.96. The summed E-state index contributed by atoms with van der Waals surface area (Å²) in [6.07, 6.45) is 0. The molecule has 0 atom stereocenters. The van der Waals surface area contributed by atoms with Crippen LogP contribution in [0.25, 0.3) is 0 Å². The van der Waals surface area contributed by atoms with Gasteiger partial charge in [-0.3, -0.25) is 0 Å². The number of halogens is 1. The van der Waals surface area contributed by atoms with Gasteiger partial charge in [0.05, 0.1) is 0 Å². The van der Waals surface area contributed by atoms with Gasteiger partial charge >= 0.3 is 0 Å². The van der Waals surface area contributed by atoms with Gasteiger partial charge in [-0.1, -0.05) is 40.3 Å². The number of hydrogen-bond donors (Lipinski definition) is 0. The highest BCUT2D eigenvalue weighted by molar-refractivity contribution is 9.10. The van der Waals surface area contributed by atoms with E-state index in [0.717, 1.165) is 15.0 Å². The SMILES string of the molecule is CN(C)C(=S)c1cccc(Br)c1. The van der Waals surface area contributed by atoms with E-state index < -0.39 is 0 Å². The normalized spacial score (nSPS) is 9.58. The van der Waals surface area contributed by atoms with Crippen molar-refractivity contribution in [3.05, 3.63) is 34.3 Å². The molecule has 0 radical (unpaired) electrons. The Morgan fingerprint density at radius 1 is 1.42 bits per heavy atom. The molecule has 0 bridgehead atoms. The van der Waals surface area contributed by atoms with Crippen LogP contribution in [-0.4, -0.2) is 24.0 Å². The largest absolute Gasteiger partial charge is 0.368 e. The maximum Gasteiger partial charge on any atom is 0.108 e. The molecule has 0 saturated heterocycles. The van der Waals surface area contributed by atoms with Gasteiger partial charge < -0.3 is 4.90 Å². The summed E-state index contributed by atoms with van der Waals surface area (Å²) >= 11 is 8.61. The van der Waals surface area contributed by atoms with Gasteiger partial charge in [-0.25, -0.2) is 0 Å². The minimum atomic E-state index is 0.858. The molecule has 1 aromatic carbocycles. The molecular weight excluding hydrogens is 234 g/mol. The van der Waals surface area contributed by atoms with Crippen molar-refractivity contribution in [2.24, 2.45) is 0 Å². The summed E-state index contributed by atoms with van der Waals surface area (Å²) in [6, 6.07) is 7.99. The van der Waals surface area contributed by atoms with E-state index >= 15 is 0 Å². The van der Waals surface area contributed by atoms with Crippen molar-refractivity contribution >= 4 is 33.1 Å². The second kappa shape index (κ2) is 4.01. The highest BCUT2D eigenvalue weighted by atomic mass is 79.9. The van der Waals surface area contributed by atoms with E-state index in [9.17, 15) is 0 Å². The molecule has 0 saturated carbocycles. The van der Waals surface area contributed by atoms with Crippen molar-refractivity contribution < 1.29 is 0 Å². The van der Waals surface area contributed by atoms with Gasteiger partial charge in [0.2, 0.25) is 0 Å². The lowest BCUT2D eigenvalue weighted by molar-refractivity contribution is 0.636. The quantitative estimate of drug-likeness (QED) is 0.699. The summed E-state index contributed by atoms with van der Waals surface area (Å²) in [5, 5.41) is 0. The van der Waals surface area contributed by atoms with Gasteiger partial charge in [-0.15, -0.1) is 0 Å². The Kier molecular flexibility index (Phi) is 3.23. The van der Waals surface area contributed by atoms with Gasteiger partial charge in [0, 0.05) is 24.1 Å². The third-order valence-corrected chi connectivity index (χ3v) is 2.57. The molecule has 1 nitrogen and oxygen atoms in total. The number of rotatable bonds is 1. The highest BCUT2D eigenvalue weighted by Crippen LogP contribution is 2.13. The van der Waals surface area contributed by atoms with E-state index in [1.807, 2.05) is 43.3 Å². The van der Waals surface area contributed by atoms with Crippen molar-refractivity contribution in [1.29, 1.82) is 0 Å². The van der Waals surface area contributed by atoms with Crippen molar-refractivity contribution in [1.82, 2.24) is 4.90 Å². The zero-order valence-corrected chi connectivity index (χ0v) is 9.45. The van der Waals surface area contributed by atoms with Gasteiger partial charge in [0.15, 0.2) is 0 Å². The maximum absolute atomic E-state index is 5.21. The molecular formula is C9H10BrNS. The first-order valence-corrected chi connectivity index (χ1v) is 4.78. The molecule has 0 spiro atoms. The van der Waals surface area contributed by atoms with Crippen LogP contribution in [-0.2, 0) is 0 Å². The molecule has 0 heterocycles. The van der Waals surface area contributed by atoms with E-state index in [0.29, 0.717) is 0 Å². The average molecular weight is 244 g/mol. The Labute approximate surface area is 86.5 Å². The average Bonchev–Trinajstić information content (AvgIpc) is 2.03. The van der Waals surface area contributed by atoms with E-state index in [4.69, 9.17) is 12.2 Å². The minimum Gasteiger partial charge on any atom is -0.368 e. The molecule has 0 aliphatic carbocycles. The van der Waals surface area contributed by atoms with E-state index in [1.165, 1.54) is 0 Å².